The number of imidazole rings is 2. The van der Waals surface area contributed by atoms with Crippen molar-refractivity contribution in [3.8, 4) is 33.6 Å². The summed E-state index contributed by atoms with van der Waals surface area (Å²) in [5.41, 5.74) is 12.3. The fourth-order valence-electron chi connectivity index (χ4n) is 7.10. The molecule has 0 aliphatic carbocycles. The van der Waals surface area contributed by atoms with Crippen molar-refractivity contribution in [1.82, 2.24) is 35.1 Å². The summed E-state index contributed by atoms with van der Waals surface area (Å²) in [6, 6.07) is 24.9. The molecule has 5 aromatic rings. The molecule has 50 heavy (non-hydrogen) atoms. The molecule has 2 aromatic heterocycles. The van der Waals surface area contributed by atoms with Crippen molar-refractivity contribution in [3.63, 3.8) is 0 Å². The smallest absolute Gasteiger partial charge is 0.245 e. The number of benzene rings is 3. The number of aromatic nitrogens is 4. The van der Waals surface area contributed by atoms with Crippen molar-refractivity contribution in [3.05, 3.63) is 108 Å². The van der Waals surface area contributed by atoms with E-state index in [2.05, 4.69) is 68.8 Å². The summed E-state index contributed by atoms with van der Waals surface area (Å²) in [6.07, 6.45) is 5.81. The highest BCUT2D eigenvalue weighted by atomic mass is 16.6. The molecule has 0 radical (unpaired) electrons. The van der Waals surface area contributed by atoms with Gasteiger partial charge in [-0.3, -0.25) is 14.9 Å². The molecule has 2 aliphatic heterocycles. The van der Waals surface area contributed by atoms with Gasteiger partial charge >= 0.3 is 0 Å². The fraction of sp³-hybridized carbons (Fsp3) is 0.316. The van der Waals surface area contributed by atoms with E-state index < -0.39 is 12.5 Å². The lowest BCUT2D eigenvalue weighted by Crippen LogP contribution is -2.44. The first-order chi connectivity index (χ1) is 24.4. The molecule has 4 atom stereocenters. The van der Waals surface area contributed by atoms with Gasteiger partial charge in [0.25, 0.3) is 0 Å². The number of carbonyl (C=O) groups excluding carboxylic acids is 2. The highest BCUT2D eigenvalue weighted by Crippen LogP contribution is 2.35. The summed E-state index contributed by atoms with van der Waals surface area (Å²) in [7, 11) is 1.38. The molecule has 0 spiro atoms. The number of likely N-dealkylation sites (tertiary alicyclic amines) is 2. The van der Waals surface area contributed by atoms with E-state index in [1.54, 1.807) is 0 Å². The molecule has 6 N–H and O–H groups in total. The summed E-state index contributed by atoms with van der Waals surface area (Å²) >= 11 is 0. The SMILES string of the molecule is COC(O)N[C@@H](C(=O)N1CCC[C@H]1c1ncc(-c2ccc(-c3ccc(-c4cnc([C@@H]5CCCN5C(=O)CN)[nH]4)cc3)cc2)[nH]1)c1ccccc1. The predicted molar refractivity (Wildman–Crippen MR) is 189 cm³/mol. The summed E-state index contributed by atoms with van der Waals surface area (Å²) < 4.78 is 5.01. The average Bonchev–Trinajstić information content (AvgIpc) is 4.00. The molecular weight excluding hydrogens is 632 g/mol. The van der Waals surface area contributed by atoms with Crippen molar-refractivity contribution in [2.45, 2.75) is 50.2 Å². The van der Waals surface area contributed by atoms with E-state index in [9.17, 15) is 14.7 Å². The number of methoxy groups -OCH3 is 1. The Morgan fingerprint density at radius 3 is 1.84 bits per heavy atom. The third-order valence-electron chi connectivity index (χ3n) is 9.74. The predicted octanol–water partition coefficient (Wildman–Crippen LogP) is 4.67. The van der Waals surface area contributed by atoms with Gasteiger partial charge in [0.1, 0.15) is 17.7 Å². The third kappa shape index (κ3) is 6.83. The van der Waals surface area contributed by atoms with Crippen LogP contribution in [0.5, 0.6) is 0 Å². The lowest BCUT2D eigenvalue weighted by atomic mass is 10.0. The second kappa shape index (κ2) is 14.8. The Bertz CT molecular complexity index is 1910. The van der Waals surface area contributed by atoms with Crippen LogP contribution in [-0.4, -0.2) is 79.8 Å². The van der Waals surface area contributed by atoms with Crippen molar-refractivity contribution in [2.24, 2.45) is 5.73 Å². The number of carbonyl (C=O) groups is 2. The number of nitrogens with two attached hydrogens (primary N) is 1. The number of hydrogen-bond acceptors (Lipinski definition) is 8. The van der Waals surface area contributed by atoms with Crippen LogP contribution in [0.4, 0.5) is 0 Å². The number of aromatic amines is 2. The van der Waals surface area contributed by atoms with Gasteiger partial charge < -0.3 is 35.3 Å². The Balaban J connectivity index is 1.03. The van der Waals surface area contributed by atoms with Crippen LogP contribution in [0.2, 0.25) is 0 Å². The molecule has 12 nitrogen and oxygen atoms in total. The van der Waals surface area contributed by atoms with Gasteiger partial charge in [-0.05, 0) is 53.5 Å². The topological polar surface area (TPSA) is 165 Å². The van der Waals surface area contributed by atoms with Crippen LogP contribution >= 0.6 is 0 Å². The van der Waals surface area contributed by atoms with Gasteiger partial charge in [-0.1, -0.05) is 78.9 Å². The molecule has 7 rings (SSSR count). The Morgan fingerprint density at radius 2 is 1.32 bits per heavy atom. The molecule has 258 valence electrons. The number of rotatable bonds is 11. The van der Waals surface area contributed by atoms with Crippen LogP contribution in [0.25, 0.3) is 33.6 Å². The van der Waals surface area contributed by atoms with Crippen molar-refractivity contribution >= 4 is 11.8 Å². The second-order valence-corrected chi connectivity index (χ2v) is 12.8. The zero-order valence-corrected chi connectivity index (χ0v) is 28.0. The molecule has 3 aromatic carbocycles. The molecule has 4 heterocycles. The van der Waals surface area contributed by atoms with E-state index in [0.29, 0.717) is 13.1 Å². The normalized spacial score (nSPS) is 18.8. The number of nitrogens with zero attached hydrogens (tertiary/aromatic N) is 4. The van der Waals surface area contributed by atoms with Gasteiger partial charge in [-0.15, -0.1) is 0 Å². The van der Waals surface area contributed by atoms with Gasteiger partial charge in [-0.25, -0.2) is 9.97 Å². The maximum atomic E-state index is 13.9. The Hall–Kier alpha value is -5.14. The summed E-state index contributed by atoms with van der Waals surface area (Å²) in [5.74, 6) is 1.34. The van der Waals surface area contributed by atoms with Gasteiger partial charge in [0.15, 0.2) is 0 Å². The summed E-state index contributed by atoms with van der Waals surface area (Å²) in [4.78, 5) is 46.0. The first-order valence-electron chi connectivity index (χ1n) is 17.1. The first-order valence-corrected chi connectivity index (χ1v) is 17.1. The standard InChI is InChI=1S/C38H42N8O4/c1-50-38(49)44-34(28-7-3-2-4-8-28)37(48)46-20-6-10-32(46)36-41-23-30(43-36)27-17-13-25(14-18-27)24-11-15-26(16-12-24)29-22-40-35(42-29)31-9-5-19-45(31)33(47)21-39/h2-4,7-8,11-18,22-23,31-32,34,38,44,49H,5-6,9-10,19-21,39H2,1H3,(H,40,42)(H,41,43)/t31-,32-,34+,38?/m0/s1. The minimum atomic E-state index is -1.28. The monoisotopic (exact) mass is 674 g/mol. The minimum Gasteiger partial charge on any atom is -0.356 e. The highest BCUT2D eigenvalue weighted by molar-refractivity contribution is 5.84. The Kier molecular flexibility index (Phi) is 9.85. The zero-order chi connectivity index (χ0) is 34.6. The highest BCUT2D eigenvalue weighted by Gasteiger charge is 2.37. The largest absolute Gasteiger partial charge is 0.356 e. The molecule has 2 fully saturated rings. The van der Waals surface area contributed by atoms with Gasteiger partial charge in [0.05, 0.1) is 42.4 Å². The molecule has 2 amide bonds. The van der Waals surface area contributed by atoms with Gasteiger partial charge in [0.2, 0.25) is 18.2 Å². The molecule has 2 aliphatic rings. The molecule has 2 saturated heterocycles. The number of ether oxygens (including phenoxy) is 1. The van der Waals surface area contributed by atoms with Crippen molar-refractivity contribution in [2.75, 3.05) is 26.7 Å². The van der Waals surface area contributed by atoms with Gasteiger partial charge in [0, 0.05) is 20.2 Å². The van der Waals surface area contributed by atoms with Crippen LogP contribution in [0.15, 0.2) is 91.3 Å². The quantitative estimate of drug-likeness (QED) is 0.126. The first kappa shape index (κ1) is 33.4. The summed E-state index contributed by atoms with van der Waals surface area (Å²) in [5, 5.41) is 13.1. The second-order valence-electron chi connectivity index (χ2n) is 12.8. The number of nitrogens with one attached hydrogen (secondary N) is 3. The Morgan fingerprint density at radius 1 is 0.820 bits per heavy atom. The van der Waals surface area contributed by atoms with Crippen LogP contribution in [0.1, 0.15) is 61.0 Å². The molecular formula is C38H42N8O4. The van der Waals surface area contributed by atoms with E-state index >= 15 is 0 Å². The molecule has 12 heteroatoms. The van der Waals surface area contributed by atoms with Crippen LogP contribution < -0.4 is 11.1 Å². The van der Waals surface area contributed by atoms with E-state index in [1.165, 1.54) is 7.11 Å². The van der Waals surface area contributed by atoms with E-state index in [4.69, 9.17) is 15.5 Å². The molecule has 1 unspecified atom stereocenters. The number of amides is 2. The van der Waals surface area contributed by atoms with E-state index in [-0.39, 0.29) is 30.4 Å². The van der Waals surface area contributed by atoms with Crippen molar-refractivity contribution < 1.29 is 19.4 Å². The number of aliphatic hydroxyl groups excluding tert-OH is 1. The maximum absolute atomic E-state index is 13.9. The van der Waals surface area contributed by atoms with Crippen LogP contribution in [0.3, 0.4) is 0 Å². The lowest BCUT2D eigenvalue weighted by molar-refractivity contribution is -0.143. The van der Waals surface area contributed by atoms with Crippen LogP contribution in [0, 0.1) is 0 Å². The molecule has 0 bridgehead atoms. The fourth-order valence-corrected chi connectivity index (χ4v) is 7.10. The van der Waals surface area contributed by atoms with Gasteiger partial charge in [-0.2, -0.15) is 0 Å². The number of aliphatic hydroxyl groups is 1. The third-order valence-corrected chi connectivity index (χ3v) is 9.74. The van der Waals surface area contributed by atoms with E-state index in [0.717, 1.165) is 76.5 Å². The number of hydrogen-bond donors (Lipinski definition) is 5. The summed E-state index contributed by atoms with van der Waals surface area (Å²) in [6.45, 7) is 1.31. The molecule has 0 saturated carbocycles. The minimum absolute atomic E-state index is 0.00782. The Labute approximate surface area is 290 Å². The zero-order valence-electron chi connectivity index (χ0n) is 28.0. The average molecular weight is 675 g/mol. The lowest BCUT2D eigenvalue weighted by Gasteiger charge is -2.29. The number of H-pyrrole nitrogens is 2. The maximum Gasteiger partial charge on any atom is 0.245 e. The van der Waals surface area contributed by atoms with E-state index in [1.807, 2.05) is 52.5 Å². The van der Waals surface area contributed by atoms with Crippen molar-refractivity contribution in [1.29, 1.82) is 0 Å². The van der Waals surface area contributed by atoms with Crippen LogP contribution in [-0.2, 0) is 14.3 Å².